The molecule has 0 aliphatic carbocycles. The van der Waals surface area contributed by atoms with E-state index in [0.29, 0.717) is 10.3 Å². The molecule has 4 aromatic rings. The highest BCUT2D eigenvalue weighted by atomic mass is 32.2. The number of benzene rings is 2. The van der Waals surface area contributed by atoms with Crippen LogP contribution >= 0.6 is 23.1 Å². The summed E-state index contributed by atoms with van der Waals surface area (Å²) < 4.78 is 6.76. The Morgan fingerprint density at radius 1 is 1.17 bits per heavy atom. The Balaban J connectivity index is 1.36. The zero-order chi connectivity index (χ0) is 20.1. The summed E-state index contributed by atoms with van der Waals surface area (Å²) in [7, 11) is 1.63. The first kappa shape index (κ1) is 19.1. The Morgan fingerprint density at radius 3 is 2.72 bits per heavy atom. The van der Waals surface area contributed by atoms with E-state index in [0.717, 1.165) is 22.7 Å². The first-order valence-electron chi connectivity index (χ1n) is 8.59. The van der Waals surface area contributed by atoms with E-state index in [1.165, 1.54) is 23.1 Å². The zero-order valence-corrected chi connectivity index (χ0v) is 17.0. The monoisotopic (exact) mass is 424 g/mol. The highest BCUT2D eigenvalue weighted by Crippen LogP contribution is 2.27. The normalized spacial score (nSPS) is 10.7. The molecule has 0 aliphatic heterocycles. The van der Waals surface area contributed by atoms with Crippen LogP contribution in [0.4, 0.5) is 5.13 Å². The zero-order valence-electron chi connectivity index (χ0n) is 15.3. The molecule has 10 heteroatoms. The first-order valence-corrected chi connectivity index (χ1v) is 10.5. The molecule has 0 fully saturated rings. The van der Waals surface area contributed by atoms with Crippen LogP contribution in [0, 0.1) is 0 Å². The second kappa shape index (κ2) is 8.84. The summed E-state index contributed by atoms with van der Waals surface area (Å²) >= 11 is 2.64. The molecular weight excluding hydrogens is 408 g/mol. The molecular formula is C19H16N6O2S2. The lowest BCUT2D eigenvalue weighted by atomic mass is 10.2. The van der Waals surface area contributed by atoms with Crippen LogP contribution in [0.3, 0.4) is 0 Å². The van der Waals surface area contributed by atoms with Gasteiger partial charge in [-0.05, 0) is 46.8 Å². The Hall–Kier alpha value is -3.24. The standard InChI is InChI=1S/C19H16N6O2S2/c1-27-15-9-7-13(8-10-15)16-11-28-18(20-16)21-17(26)12-29-19-22-23-24-25(19)14-5-3-2-4-6-14/h2-11H,12H2,1H3,(H,20,21,26). The van der Waals surface area contributed by atoms with Crippen molar-refractivity contribution in [2.45, 2.75) is 5.16 Å². The van der Waals surface area contributed by atoms with E-state index >= 15 is 0 Å². The Kier molecular flexibility index (Phi) is 5.82. The third kappa shape index (κ3) is 4.61. The van der Waals surface area contributed by atoms with Gasteiger partial charge < -0.3 is 10.1 Å². The number of thiazole rings is 1. The lowest BCUT2D eigenvalue weighted by molar-refractivity contribution is -0.113. The topological polar surface area (TPSA) is 94.8 Å². The minimum absolute atomic E-state index is 0.171. The molecule has 0 saturated heterocycles. The third-order valence-corrected chi connectivity index (χ3v) is 5.59. The fourth-order valence-electron chi connectivity index (χ4n) is 2.51. The average molecular weight is 425 g/mol. The highest BCUT2D eigenvalue weighted by Gasteiger charge is 2.13. The molecule has 1 amide bonds. The number of tetrazole rings is 1. The summed E-state index contributed by atoms with van der Waals surface area (Å²) in [6, 6.07) is 17.1. The summed E-state index contributed by atoms with van der Waals surface area (Å²) in [5.41, 5.74) is 2.59. The van der Waals surface area contributed by atoms with Gasteiger partial charge in [-0.3, -0.25) is 4.79 Å². The van der Waals surface area contributed by atoms with Crippen molar-refractivity contribution in [3.63, 3.8) is 0 Å². The van der Waals surface area contributed by atoms with E-state index < -0.39 is 0 Å². The molecule has 4 rings (SSSR count). The van der Waals surface area contributed by atoms with Gasteiger partial charge in [0.1, 0.15) is 5.75 Å². The molecule has 2 heterocycles. The second-order valence-corrected chi connectivity index (χ2v) is 7.61. The number of nitrogens with one attached hydrogen (secondary N) is 1. The highest BCUT2D eigenvalue weighted by molar-refractivity contribution is 7.99. The molecule has 29 heavy (non-hydrogen) atoms. The van der Waals surface area contributed by atoms with Gasteiger partial charge in [0.25, 0.3) is 0 Å². The van der Waals surface area contributed by atoms with Crippen molar-refractivity contribution in [3.05, 3.63) is 60.0 Å². The van der Waals surface area contributed by atoms with Crippen molar-refractivity contribution in [3.8, 4) is 22.7 Å². The van der Waals surface area contributed by atoms with Crippen molar-refractivity contribution in [1.82, 2.24) is 25.2 Å². The van der Waals surface area contributed by atoms with Gasteiger partial charge in [-0.15, -0.1) is 16.4 Å². The van der Waals surface area contributed by atoms with Gasteiger partial charge in [-0.25, -0.2) is 4.98 Å². The van der Waals surface area contributed by atoms with Gasteiger partial charge in [0.15, 0.2) is 5.13 Å². The number of rotatable bonds is 7. The number of hydrogen-bond donors (Lipinski definition) is 1. The summed E-state index contributed by atoms with van der Waals surface area (Å²) in [5.74, 6) is 0.783. The number of carbonyl (C=O) groups is 1. The van der Waals surface area contributed by atoms with Crippen molar-refractivity contribution in [2.75, 3.05) is 18.2 Å². The number of methoxy groups -OCH3 is 1. The van der Waals surface area contributed by atoms with Gasteiger partial charge >= 0.3 is 0 Å². The minimum atomic E-state index is -0.173. The average Bonchev–Trinajstić information content (AvgIpc) is 3.42. The Bertz CT molecular complexity index is 1100. The summed E-state index contributed by atoms with van der Waals surface area (Å²) in [6.45, 7) is 0. The van der Waals surface area contributed by atoms with E-state index in [9.17, 15) is 4.79 Å². The second-order valence-electron chi connectivity index (χ2n) is 5.81. The molecule has 0 radical (unpaired) electrons. The fourth-order valence-corrected chi connectivity index (χ4v) is 3.94. The predicted molar refractivity (Wildman–Crippen MR) is 113 cm³/mol. The summed E-state index contributed by atoms with van der Waals surface area (Å²) in [4.78, 5) is 16.8. The maximum Gasteiger partial charge on any atom is 0.236 e. The molecule has 0 saturated carbocycles. The molecule has 0 spiro atoms. The van der Waals surface area contributed by atoms with Crippen LogP contribution in [0.5, 0.6) is 5.75 Å². The minimum Gasteiger partial charge on any atom is -0.497 e. The first-order chi connectivity index (χ1) is 14.2. The van der Waals surface area contributed by atoms with Gasteiger partial charge in [-0.1, -0.05) is 30.0 Å². The van der Waals surface area contributed by atoms with Crippen LogP contribution < -0.4 is 10.1 Å². The van der Waals surface area contributed by atoms with E-state index in [4.69, 9.17) is 4.74 Å². The number of aromatic nitrogens is 5. The molecule has 2 aromatic heterocycles. The van der Waals surface area contributed by atoms with Gasteiger partial charge in [0.2, 0.25) is 11.1 Å². The van der Waals surface area contributed by atoms with Crippen LogP contribution in [0.25, 0.3) is 16.9 Å². The summed E-state index contributed by atoms with van der Waals surface area (Å²) in [5, 5.41) is 17.5. The van der Waals surface area contributed by atoms with Crippen molar-refractivity contribution in [1.29, 1.82) is 0 Å². The van der Waals surface area contributed by atoms with E-state index in [1.807, 2.05) is 60.0 Å². The quantitative estimate of drug-likeness (QED) is 0.454. The number of carbonyl (C=O) groups excluding carboxylic acids is 1. The van der Waals surface area contributed by atoms with Crippen LogP contribution in [0.1, 0.15) is 0 Å². The predicted octanol–water partition coefficient (Wildman–Crippen LogP) is 3.53. The molecule has 0 bridgehead atoms. The molecule has 2 aromatic carbocycles. The van der Waals surface area contributed by atoms with Crippen molar-refractivity contribution < 1.29 is 9.53 Å². The van der Waals surface area contributed by atoms with Crippen LogP contribution in [0.2, 0.25) is 0 Å². The number of anilines is 1. The Labute approximate surface area is 174 Å². The van der Waals surface area contributed by atoms with E-state index in [-0.39, 0.29) is 11.7 Å². The number of nitrogens with zero attached hydrogens (tertiary/aromatic N) is 5. The Morgan fingerprint density at radius 2 is 1.97 bits per heavy atom. The number of thioether (sulfide) groups is 1. The molecule has 8 nitrogen and oxygen atoms in total. The molecule has 0 unspecified atom stereocenters. The largest absolute Gasteiger partial charge is 0.497 e. The van der Waals surface area contributed by atoms with E-state index in [1.54, 1.807) is 11.8 Å². The smallest absolute Gasteiger partial charge is 0.236 e. The van der Waals surface area contributed by atoms with E-state index in [2.05, 4.69) is 25.8 Å². The molecule has 1 N–H and O–H groups in total. The number of hydrogen-bond acceptors (Lipinski definition) is 8. The molecule has 0 atom stereocenters. The van der Waals surface area contributed by atoms with Crippen LogP contribution in [-0.4, -0.2) is 44.0 Å². The van der Waals surface area contributed by atoms with Crippen LogP contribution in [0.15, 0.2) is 65.1 Å². The van der Waals surface area contributed by atoms with Gasteiger partial charge in [0.05, 0.1) is 24.2 Å². The van der Waals surface area contributed by atoms with Crippen molar-refractivity contribution >= 4 is 34.1 Å². The maximum absolute atomic E-state index is 12.3. The molecule has 146 valence electrons. The lowest BCUT2D eigenvalue weighted by Crippen LogP contribution is -2.14. The lowest BCUT2D eigenvalue weighted by Gasteiger charge is -2.04. The number of para-hydroxylation sites is 1. The van der Waals surface area contributed by atoms with Gasteiger partial charge in [-0.2, -0.15) is 4.68 Å². The molecule has 0 aliphatic rings. The third-order valence-electron chi connectivity index (χ3n) is 3.91. The summed E-state index contributed by atoms with van der Waals surface area (Å²) in [6.07, 6.45) is 0. The number of ether oxygens (including phenoxy) is 1. The van der Waals surface area contributed by atoms with Gasteiger partial charge in [0, 0.05) is 10.9 Å². The SMILES string of the molecule is COc1ccc(-c2csc(NC(=O)CSc3nnnn3-c3ccccc3)n2)cc1. The maximum atomic E-state index is 12.3. The van der Waals surface area contributed by atoms with Crippen molar-refractivity contribution in [2.24, 2.45) is 0 Å². The van der Waals surface area contributed by atoms with Crippen LogP contribution in [-0.2, 0) is 4.79 Å². The number of amides is 1. The fraction of sp³-hybridized carbons (Fsp3) is 0.105.